The van der Waals surface area contributed by atoms with Crippen LogP contribution in [0.3, 0.4) is 0 Å². The fourth-order valence-electron chi connectivity index (χ4n) is 2.27. The molecule has 0 aliphatic rings. The molecule has 8 nitrogen and oxygen atoms in total. The Balaban J connectivity index is 1.66. The van der Waals surface area contributed by atoms with Crippen molar-refractivity contribution >= 4 is 22.8 Å². The third-order valence-corrected chi connectivity index (χ3v) is 3.57. The summed E-state index contributed by atoms with van der Waals surface area (Å²) in [5.74, 6) is -0.690. The molecule has 3 aromatic rings. The molecular weight excluding hydrogens is 341 g/mol. The van der Waals surface area contributed by atoms with Gasteiger partial charge in [0.25, 0.3) is 0 Å². The number of hydrogen-bond donors (Lipinski definition) is 3. The number of rotatable bonds is 7. The van der Waals surface area contributed by atoms with E-state index in [1.807, 2.05) is 30.3 Å². The normalized spacial score (nSPS) is 10.7. The highest BCUT2D eigenvalue weighted by Crippen LogP contribution is 2.27. The number of urea groups is 1. The third kappa shape index (κ3) is 4.06. The van der Waals surface area contributed by atoms with Crippen LogP contribution in [0.1, 0.15) is 5.56 Å². The number of halogens is 1. The lowest BCUT2D eigenvalue weighted by atomic mass is 10.2. The molecule has 26 heavy (non-hydrogen) atoms. The minimum absolute atomic E-state index is 0.103. The molecular formula is C17H18FN5O3. The number of methoxy groups -OCH3 is 1. The molecule has 0 saturated carbocycles. The van der Waals surface area contributed by atoms with Crippen molar-refractivity contribution in [2.45, 2.75) is 6.54 Å². The van der Waals surface area contributed by atoms with Gasteiger partial charge in [-0.25, -0.2) is 14.2 Å². The van der Waals surface area contributed by atoms with Gasteiger partial charge in [0.1, 0.15) is 12.1 Å². The van der Waals surface area contributed by atoms with Crippen molar-refractivity contribution in [1.82, 2.24) is 20.5 Å². The van der Waals surface area contributed by atoms with Crippen molar-refractivity contribution in [3.05, 3.63) is 47.9 Å². The number of pyridine rings is 1. The number of aromatic amines is 1. The number of nitrogens with zero attached hydrogens (tertiary/aromatic N) is 2. The topological polar surface area (TPSA) is 101 Å². The monoisotopic (exact) mass is 359 g/mol. The van der Waals surface area contributed by atoms with Gasteiger partial charge in [-0.05, 0) is 5.56 Å². The summed E-state index contributed by atoms with van der Waals surface area (Å²) >= 11 is 0. The Morgan fingerprint density at radius 1 is 1.27 bits per heavy atom. The summed E-state index contributed by atoms with van der Waals surface area (Å²) in [6.07, 6.45) is 1.39. The molecule has 1 aromatic carbocycles. The van der Waals surface area contributed by atoms with E-state index in [9.17, 15) is 9.18 Å². The lowest BCUT2D eigenvalue weighted by Crippen LogP contribution is -2.29. The van der Waals surface area contributed by atoms with Crippen LogP contribution in [-0.4, -0.2) is 41.5 Å². The zero-order valence-electron chi connectivity index (χ0n) is 14.1. The Labute approximate surface area is 148 Å². The fourth-order valence-corrected chi connectivity index (χ4v) is 2.27. The molecule has 0 aliphatic heterocycles. The van der Waals surface area contributed by atoms with Crippen LogP contribution in [0.2, 0.25) is 0 Å². The van der Waals surface area contributed by atoms with Crippen LogP contribution in [0.15, 0.2) is 36.5 Å². The van der Waals surface area contributed by atoms with Gasteiger partial charge < -0.3 is 14.8 Å². The van der Waals surface area contributed by atoms with Crippen molar-refractivity contribution in [2.24, 2.45) is 0 Å². The number of ether oxygens (including phenoxy) is 2. The zero-order valence-corrected chi connectivity index (χ0v) is 14.1. The number of benzene rings is 1. The Bertz CT molecular complexity index is 885. The largest absolute Gasteiger partial charge is 0.474 e. The predicted molar refractivity (Wildman–Crippen MR) is 93.5 cm³/mol. The van der Waals surface area contributed by atoms with Crippen molar-refractivity contribution in [3.8, 4) is 5.88 Å². The maximum atomic E-state index is 14.5. The van der Waals surface area contributed by atoms with Crippen LogP contribution >= 0.6 is 0 Å². The number of H-pyrrole nitrogens is 1. The Hall–Kier alpha value is -3.20. The van der Waals surface area contributed by atoms with Gasteiger partial charge in [0.2, 0.25) is 5.88 Å². The van der Waals surface area contributed by atoms with Gasteiger partial charge >= 0.3 is 6.03 Å². The van der Waals surface area contributed by atoms with Gasteiger partial charge in [-0.3, -0.25) is 10.4 Å². The minimum atomic E-state index is -0.716. The van der Waals surface area contributed by atoms with E-state index < -0.39 is 11.8 Å². The molecule has 3 N–H and O–H groups in total. The summed E-state index contributed by atoms with van der Waals surface area (Å²) in [6.45, 7) is 0.976. The summed E-state index contributed by atoms with van der Waals surface area (Å²) in [4.78, 5) is 15.9. The molecule has 2 aromatic heterocycles. The second-order valence-electron chi connectivity index (χ2n) is 5.37. The lowest BCUT2D eigenvalue weighted by Gasteiger charge is -2.08. The average molecular weight is 359 g/mol. The number of aromatic nitrogens is 3. The van der Waals surface area contributed by atoms with E-state index in [1.54, 1.807) is 7.11 Å². The zero-order chi connectivity index (χ0) is 18.4. The van der Waals surface area contributed by atoms with Crippen LogP contribution in [0.4, 0.5) is 15.0 Å². The van der Waals surface area contributed by atoms with Gasteiger partial charge in [0.15, 0.2) is 11.6 Å². The van der Waals surface area contributed by atoms with Crippen molar-refractivity contribution < 1.29 is 18.7 Å². The van der Waals surface area contributed by atoms with E-state index in [1.165, 1.54) is 6.20 Å². The fraction of sp³-hybridized carbons (Fsp3) is 0.235. The maximum absolute atomic E-state index is 14.5. The number of fused-ring (bicyclic) bond motifs is 1. The van der Waals surface area contributed by atoms with Crippen LogP contribution in [0.5, 0.6) is 5.88 Å². The second-order valence-corrected chi connectivity index (χ2v) is 5.37. The third-order valence-electron chi connectivity index (χ3n) is 3.57. The first-order chi connectivity index (χ1) is 12.7. The average Bonchev–Trinajstić information content (AvgIpc) is 3.07. The van der Waals surface area contributed by atoms with Crippen LogP contribution < -0.4 is 15.4 Å². The molecule has 0 atom stereocenters. The molecule has 0 unspecified atom stereocenters. The quantitative estimate of drug-likeness (QED) is 0.563. The molecule has 0 saturated heterocycles. The lowest BCUT2D eigenvalue weighted by molar-refractivity contribution is 0.144. The summed E-state index contributed by atoms with van der Waals surface area (Å²) in [5, 5.41) is 11.9. The number of carbonyl (C=O) groups is 1. The van der Waals surface area contributed by atoms with Crippen molar-refractivity contribution in [3.63, 3.8) is 0 Å². The standard InChI is InChI=1S/C17H18FN5O3/c1-25-7-8-26-16-12-10-19-15(13(18)14(12)22-23-16)21-17(24)20-9-11-5-3-2-4-6-11/h2-6,10H,7-9H2,1H3,(H,22,23)(H2,19,20,21,24). The van der Waals surface area contributed by atoms with Gasteiger partial charge in [0, 0.05) is 19.9 Å². The van der Waals surface area contributed by atoms with Gasteiger partial charge in [-0.15, -0.1) is 5.10 Å². The number of anilines is 1. The Morgan fingerprint density at radius 2 is 2.08 bits per heavy atom. The number of amides is 2. The molecule has 2 heterocycles. The Morgan fingerprint density at radius 3 is 2.85 bits per heavy atom. The molecule has 0 radical (unpaired) electrons. The number of hydrogen-bond acceptors (Lipinski definition) is 5. The van der Waals surface area contributed by atoms with Crippen LogP contribution in [0.25, 0.3) is 10.9 Å². The van der Waals surface area contributed by atoms with Crippen LogP contribution in [0, 0.1) is 5.82 Å². The number of nitrogens with one attached hydrogen (secondary N) is 3. The first-order valence-corrected chi connectivity index (χ1v) is 7.92. The van der Waals surface area contributed by atoms with Crippen molar-refractivity contribution in [1.29, 1.82) is 0 Å². The predicted octanol–water partition coefficient (Wildman–Crippen LogP) is 2.44. The van der Waals surface area contributed by atoms with E-state index in [4.69, 9.17) is 9.47 Å². The Kier molecular flexibility index (Phi) is 5.59. The van der Waals surface area contributed by atoms with Crippen LogP contribution in [-0.2, 0) is 11.3 Å². The summed E-state index contributed by atoms with van der Waals surface area (Å²) < 4.78 is 24.8. The first-order valence-electron chi connectivity index (χ1n) is 7.92. The summed E-state index contributed by atoms with van der Waals surface area (Å²) in [5.41, 5.74) is 1.03. The van der Waals surface area contributed by atoms with Gasteiger partial charge in [-0.2, -0.15) is 0 Å². The maximum Gasteiger partial charge on any atom is 0.320 e. The van der Waals surface area contributed by atoms with E-state index >= 15 is 0 Å². The molecule has 0 fully saturated rings. The van der Waals surface area contributed by atoms with E-state index in [0.717, 1.165) is 5.56 Å². The molecule has 0 bridgehead atoms. The summed E-state index contributed by atoms with van der Waals surface area (Å²) in [6, 6.07) is 8.82. The smallest absolute Gasteiger partial charge is 0.320 e. The highest BCUT2D eigenvalue weighted by atomic mass is 19.1. The summed E-state index contributed by atoms with van der Waals surface area (Å²) in [7, 11) is 1.55. The first kappa shape index (κ1) is 17.6. The molecule has 0 aliphatic carbocycles. The molecule has 0 spiro atoms. The van der Waals surface area contributed by atoms with E-state index in [2.05, 4.69) is 25.8 Å². The number of carbonyl (C=O) groups excluding carboxylic acids is 1. The highest BCUT2D eigenvalue weighted by Gasteiger charge is 2.17. The molecule has 2 amide bonds. The minimum Gasteiger partial charge on any atom is -0.474 e. The van der Waals surface area contributed by atoms with E-state index in [0.29, 0.717) is 18.5 Å². The SMILES string of the molecule is COCCOc1n[nH]c2c(F)c(NC(=O)NCc3ccccc3)ncc12. The van der Waals surface area contributed by atoms with Crippen molar-refractivity contribution in [2.75, 3.05) is 25.6 Å². The molecule has 136 valence electrons. The highest BCUT2D eigenvalue weighted by molar-refractivity contribution is 5.92. The van der Waals surface area contributed by atoms with Gasteiger partial charge in [0.05, 0.1) is 12.0 Å². The second kappa shape index (κ2) is 8.26. The molecule has 9 heteroatoms. The van der Waals surface area contributed by atoms with Gasteiger partial charge in [-0.1, -0.05) is 30.3 Å². The van der Waals surface area contributed by atoms with E-state index in [-0.39, 0.29) is 23.8 Å². The molecule has 3 rings (SSSR count).